The van der Waals surface area contributed by atoms with Crippen molar-refractivity contribution in [3.8, 4) is 17.2 Å². The SMILES string of the molecule is COc1cc(C(=O)Nc2[nH]ncc2C)cc(OC)c1OC. The van der Waals surface area contributed by atoms with E-state index in [1.54, 1.807) is 18.3 Å². The highest BCUT2D eigenvalue weighted by molar-refractivity contribution is 6.04. The van der Waals surface area contributed by atoms with Crippen molar-refractivity contribution >= 4 is 11.7 Å². The number of nitrogens with zero attached hydrogens (tertiary/aromatic N) is 1. The summed E-state index contributed by atoms with van der Waals surface area (Å²) in [4.78, 5) is 12.3. The van der Waals surface area contributed by atoms with Crippen molar-refractivity contribution in [1.29, 1.82) is 0 Å². The molecule has 0 bridgehead atoms. The lowest BCUT2D eigenvalue weighted by Crippen LogP contribution is -2.13. The third kappa shape index (κ3) is 2.91. The van der Waals surface area contributed by atoms with Gasteiger partial charge in [0.05, 0.1) is 27.5 Å². The minimum absolute atomic E-state index is 0.304. The molecule has 0 saturated carbocycles. The van der Waals surface area contributed by atoms with Crippen LogP contribution in [0.1, 0.15) is 15.9 Å². The molecule has 7 heteroatoms. The second-order valence-electron chi connectivity index (χ2n) is 4.30. The van der Waals surface area contributed by atoms with Gasteiger partial charge in [0.15, 0.2) is 11.5 Å². The number of anilines is 1. The molecule has 1 aromatic heterocycles. The molecule has 2 N–H and O–H groups in total. The smallest absolute Gasteiger partial charge is 0.257 e. The first kappa shape index (κ1) is 14.7. The molecular weight excluding hydrogens is 274 g/mol. The summed E-state index contributed by atoms with van der Waals surface area (Å²) in [6.07, 6.45) is 1.63. The minimum Gasteiger partial charge on any atom is -0.493 e. The topological polar surface area (TPSA) is 85.5 Å². The minimum atomic E-state index is -0.304. The summed E-state index contributed by atoms with van der Waals surface area (Å²) in [5.74, 6) is 1.52. The molecule has 112 valence electrons. The summed E-state index contributed by atoms with van der Waals surface area (Å²) in [7, 11) is 4.50. The lowest BCUT2D eigenvalue weighted by atomic mass is 10.1. The Hall–Kier alpha value is -2.70. The molecule has 1 aromatic carbocycles. The number of aromatic amines is 1. The number of rotatable bonds is 5. The Bertz CT molecular complexity index is 626. The number of benzene rings is 1. The molecular formula is C14H17N3O4. The van der Waals surface area contributed by atoms with Crippen LogP contribution in [0.15, 0.2) is 18.3 Å². The van der Waals surface area contributed by atoms with Crippen LogP contribution < -0.4 is 19.5 Å². The molecule has 0 aliphatic carbocycles. The molecule has 0 aliphatic heterocycles. The van der Waals surface area contributed by atoms with E-state index >= 15 is 0 Å². The lowest BCUT2D eigenvalue weighted by Gasteiger charge is -2.14. The van der Waals surface area contributed by atoms with Gasteiger partial charge in [-0.2, -0.15) is 5.10 Å². The van der Waals surface area contributed by atoms with E-state index in [9.17, 15) is 4.79 Å². The first-order valence-electron chi connectivity index (χ1n) is 6.22. The van der Waals surface area contributed by atoms with Crippen molar-refractivity contribution in [1.82, 2.24) is 10.2 Å². The van der Waals surface area contributed by atoms with Crippen molar-refractivity contribution < 1.29 is 19.0 Å². The van der Waals surface area contributed by atoms with Gasteiger partial charge in [-0.15, -0.1) is 0 Å². The number of hydrogen-bond acceptors (Lipinski definition) is 5. The molecule has 0 atom stereocenters. The van der Waals surface area contributed by atoms with Gasteiger partial charge < -0.3 is 19.5 Å². The Kier molecular flexibility index (Phi) is 4.32. The molecule has 0 fully saturated rings. The number of carbonyl (C=O) groups is 1. The first-order chi connectivity index (χ1) is 10.1. The summed E-state index contributed by atoms with van der Waals surface area (Å²) in [5, 5.41) is 9.31. The van der Waals surface area contributed by atoms with E-state index in [-0.39, 0.29) is 5.91 Å². The zero-order valence-corrected chi connectivity index (χ0v) is 12.3. The quantitative estimate of drug-likeness (QED) is 0.880. The van der Waals surface area contributed by atoms with E-state index in [0.29, 0.717) is 28.6 Å². The number of nitrogens with one attached hydrogen (secondary N) is 2. The van der Waals surface area contributed by atoms with Crippen LogP contribution in [0, 0.1) is 6.92 Å². The van der Waals surface area contributed by atoms with Gasteiger partial charge in [0.1, 0.15) is 5.82 Å². The molecule has 0 unspecified atom stereocenters. The van der Waals surface area contributed by atoms with Crippen LogP contribution >= 0.6 is 0 Å². The molecule has 21 heavy (non-hydrogen) atoms. The van der Waals surface area contributed by atoms with E-state index in [0.717, 1.165) is 5.56 Å². The van der Waals surface area contributed by atoms with E-state index in [2.05, 4.69) is 15.5 Å². The van der Waals surface area contributed by atoms with E-state index in [1.807, 2.05) is 6.92 Å². The Morgan fingerprint density at radius 1 is 1.14 bits per heavy atom. The van der Waals surface area contributed by atoms with Gasteiger partial charge in [0, 0.05) is 11.1 Å². The largest absolute Gasteiger partial charge is 0.493 e. The molecule has 0 aliphatic rings. The molecule has 0 spiro atoms. The summed E-state index contributed by atoms with van der Waals surface area (Å²) >= 11 is 0. The van der Waals surface area contributed by atoms with Gasteiger partial charge in [0.25, 0.3) is 5.91 Å². The number of ether oxygens (including phenoxy) is 3. The number of aryl methyl sites for hydroxylation is 1. The molecule has 7 nitrogen and oxygen atoms in total. The number of amides is 1. The van der Waals surface area contributed by atoms with E-state index in [4.69, 9.17) is 14.2 Å². The van der Waals surface area contributed by atoms with Crippen LogP contribution in [-0.4, -0.2) is 37.4 Å². The van der Waals surface area contributed by atoms with Crippen LogP contribution in [0.5, 0.6) is 17.2 Å². The predicted molar refractivity (Wildman–Crippen MR) is 77.4 cm³/mol. The second kappa shape index (κ2) is 6.17. The van der Waals surface area contributed by atoms with Gasteiger partial charge in [0.2, 0.25) is 5.75 Å². The highest BCUT2D eigenvalue weighted by Crippen LogP contribution is 2.38. The average molecular weight is 291 g/mol. The molecule has 1 amide bonds. The lowest BCUT2D eigenvalue weighted by molar-refractivity contribution is 0.102. The van der Waals surface area contributed by atoms with Crippen molar-refractivity contribution in [3.63, 3.8) is 0 Å². The van der Waals surface area contributed by atoms with Gasteiger partial charge in [-0.1, -0.05) is 0 Å². The zero-order valence-electron chi connectivity index (χ0n) is 12.3. The number of H-pyrrole nitrogens is 1. The molecule has 2 aromatic rings. The fourth-order valence-electron chi connectivity index (χ4n) is 1.87. The highest BCUT2D eigenvalue weighted by Gasteiger charge is 2.17. The third-order valence-corrected chi connectivity index (χ3v) is 2.99. The fourth-order valence-corrected chi connectivity index (χ4v) is 1.87. The number of methoxy groups -OCH3 is 3. The first-order valence-corrected chi connectivity index (χ1v) is 6.22. The fraction of sp³-hybridized carbons (Fsp3) is 0.286. The highest BCUT2D eigenvalue weighted by atomic mass is 16.5. The Morgan fingerprint density at radius 3 is 2.19 bits per heavy atom. The maximum atomic E-state index is 12.3. The van der Waals surface area contributed by atoms with Crippen molar-refractivity contribution in [3.05, 3.63) is 29.5 Å². The summed E-state index contributed by atoms with van der Waals surface area (Å²) in [6.45, 7) is 1.84. The van der Waals surface area contributed by atoms with Gasteiger partial charge in [-0.25, -0.2) is 0 Å². The normalized spacial score (nSPS) is 10.1. The average Bonchev–Trinajstić information content (AvgIpc) is 2.90. The molecule has 0 saturated heterocycles. The van der Waals surface area contributed by atoms with Crippen LogP contribution in [0.3, 0.4) is 0 Å². The van der Waals surface area contributed by atoms with Crippen LogP contribution in [0.25, 0.3) is 0 Å². The van der Waals surface area contributed by atoms with Gasteiger partial charge in [-0.05, 0) is 19.1 Å². The van der Waals surface area contributed by atoms with Crippen molar-refractivity contribution in [2.45, 2.75) is 6.92 Å². The monoisotopic (exact) mass is 291 g/mol. The number of aromatic nitrogens is 2. The molecule has 2 rings (SSSR count). The summed E-state index contributed by atoms with van der Waals surface area (Å²) in [6, 6.07) is 3.17. The zero-order chi connectivity index (χ0) is 15.4. The van der Waals surface area contributed by atoms with Crippen molar-refractivity contribution in [2.24, 2.45) is 0 Å². The molecule has 0 radical (unpaired) electrons. The number of carbonyl (C=O) groups excluding carboxylic acids is 1. The maximum absolute atomic E-state index is 12.3. The van der Waals surface area contributed by atoms with Gasteiger partial charge >= 0.3 is 0 Å². The van der Waals surface area contributed by atoms with Crippen LogP contribution in [0.4, 0.5) is 5.82 Å². The Labute approximate surface area is 122 Å². The standard InChI is InChI=1S/C14H17N3O4/c1-8-7-15-17-13(8)16-14(18)9-5-10(19-2)12(21-4)11(6-9)20-3/h5-7H,1-4H3,(H2,15,16,17,18). The van der Waals surface area contributed by atoms with Gasteiger partial charge in [-0.3, -0.25) is 9.89 Å². The Morgan fingerprint density at radius 2 is 1.76 bits per heavy atom. The second-order valence-corrected chi connectivity index (χ2v) is 4.30. The predicted octanol–water partition coefficient (Wildman–Crippen LogP) is 2.00. The maximum Gasteiger partial charge on any atom is 0.257 e. The van der Waals surface area contributed by atoms with Crippen LogP contribution in [-0.2, 0) is 0 Å². The summed E-state index contributed by atoms with van der Waals surface area (Å²) < 4.78 is 15.7. The third-order valence-electron chi connectivity index (χ3n) is 2.99. The van der Waals surface area contributed by atoms with E-state index in [1.165, 1.54) is 21.3 Å². The van der Waals surface area contributed by atoms with E-state index < -0.39 is 0 Å². The molecule has 1 heterocycles. The van der Waals surface area contributed by atoms with Crippen LogP contribution in [0.2, 0.25) is 0 Å². The Balaban J connectivity index is 2.35. The summed E-state index contributed by atoms with van der Waals surface area (Å²) in [5.41, 5.74) is 1.23. The number of hydrogen-bond donors (Lipinski definition) is 2. The van der Waals surface area contributed by atoms with Crippen molar-refractivity contribution in [2.75, 3.05) is 26.6 Å².